The molecule has 25 heavy (non-hydrogen) atoms. The van der Waals surface area contributed by atoms with Crippen LogP contribution in [0.1, 0.15) is 16.7 Å². The lowest BCUT2D eigenvalue weighted by atomic mass is 10.1. The van der Waals surface area contributed by atoms with Gasteiger partial charge in [0.2, 0.25) is 10.0 Å². The SMILES string of the molecule is Cc1ccc(S(=O)(=O)NCc2ccc(Cn3cccn3)cc2)c(Br)c1. The second kappa shape index (κ2) is 7.51. The number of aromatic nitrogens is 2. The minimum Gasteiger partial charge on any atom is -0.268 e. The van der Waals surface area contributed by atoms with Crippen LogP contribution in [0.5, 0.6) is 0 Å². The number of hydrogen-bond acceptors (Lipinski definition) is 3. The first-order chi connectivity index (χ1) is 11.9. The number of nitrogens with one attached hydrogen (secondary N) is 1. The Kier molecular flexibility index (Phi) is 5.36. The van der Waals surface area contributed by atoms with E-state index in [1.807, 2.05) is 48.1 Å². The zero-order valence-electron chi connectivity index (χ0n) is 13.7. The lowest BCUT2D eigenvalue weighted by Crippen LogP contribution is -2.23. The van der Waals surface area contributed by atoms with Crippen molar-refractivity contribution in [2.75, 3.05) is 0 Å². The van der Waals surface area contributed by atoms with Crippen LogP contribution in [0.4, 0.5) is 0 Å². The van der Waals surface area contributed by atoms with Crippen molar-refractivity contribution in [2.24, 2.45) is 0 Å². The molecule has 2 aromatic carbocycles. The molecule has 0 radical (unpaired) electrons. The molecule has 1 N–H and O–H groups in total. The maximum Gasteiger partial charge on any atom is 0.241 e. The van der Waals surface area contributed by atoms with Crippen molar-refractivity contribution in [3.63, 3.8) is 0 Å². The summed E-state index contributed by atoms with van der Waals surface area (Å²) in [6, 6.07) is 14.9. The molecule has 1 aromatic heterocycles. The highest BCUT2D eigenvalue weighted by Crippen LogP contribution is 2.23. The lowest BCUT2D eigenvalue weighted by molar-refractivity contribution is 0.581. The van der Waals surface area contributed by atoms with E-state index >= 15 is 0 Å². The van der Waals surface area contributed by atoms with E-state index in [1.165, 1.54) is 0 Å². The van der Waals surface area contributed by atoms with Gasteiger partial charge >= 0.3 is 0 Å². The quantitative estimate of drug-likeness (QED) is 0.664. The van der Waals surface area contributed by atoms with Crippen molar-refractivity contribution in [1.82, 2.24) is 14.5 Å². The first kappa shape index (κ1) is 17.8. The molecule has 0 amide bonds. The number of nitrogens with zero attached hydrogens (tertiary/aromatic N) is 2. The summed E-state index contributed by atoms with van der Waals surface area (Å²) in [7, 11) is -3.57. The third-order valence-corrected chi connectivity index (χ3v) is 6.15. The summed E-state index contributed by atoms with van der Waals surface area (Å²) in [6.07, 6.45) is 3.65. The van der Waals surface area contributed by atoms with Crippen LogP contribution >= 0.6 is 15.9 Å². The van der Waals surface area contributed by atoms with E-state index in [4.69, 9.17) is 0 Å². The van der Waals surface area contributed by atoms with E-state index in [9.17, 15) is 8.42 Å². The maximum atomic E-state index is 12.5. The molecule has 5 nitrogen and oxygen atoms in total. The molecule has 0 atom stereocenters. The number of sulfonamides is 1. The third-order valence-electron chi connectivity index (χ3n) is 3.77. The monoisotopic (exact) mass is 419 g/mol. The number of benzene rings is 2. The maximum absolute atomic E-state index is 12.5. The molecule has 130 valence electrons. The molecular weight excluding hydrogens is 402 g/mol. The summed E-state index contributed by atoms with van der Waals surface area (Å²) in [5.41, 5.74) is 3.01. The number of aryl methyl sites for hydroxylation is 1. The zero-order valence-corrected chi connectivity index (χ0v) is 16.1. The van der Waals surface area contributed by atoms with Crippen LogP contribution in [0.3, 0.4) is 0 Å². The van der Waals surface area contributed by atoms with E-state index in [-0.39, 0.29) is 11.4 Å². The van der Waals surface area contributed by atoms with Gasteiger partial charge in [-0.2, -0.15) is 5.10 Å². The fraction of sp³-hybridized carbons (Fsp3) is 0.167. The molecule has 0 fully saturated rings. The van der Waals surface area contributed by atoms with Crippen molar-refractivity contribution in [1.29, 1.82) is 0 Å². The second-order valence-electron chi connectivity index (χ2n) is 5.78. The molecule has 3 rings (SSSR count). The Morgan fingerprint density at radius 1 is 1.12 bits per heavy atom. The van der Waals surface area contributed by atoms with Gasteiger partial charge in [-0.15, -0.1) is 0 Å². The standard InChI is InChI=1S/C18H18BrN3O2S/c1-14-3-8-18(17(19)11-14)25(23,24)21-12-15-4-6-16(7-5-15)13-22-10-2-9-20-22/h2-11,21H,12-13H2,1H3. The molecule has 0 aliphatic rings. The number of hydrogen-bond donors (Lipinski definition) is 1. The Labute approximate surface area is 155 Å². The van der Waals surface area contributed by atoms with Gasteiger partial charge in [-0.3, -0.25) is 4.68 Å². The smallest absolute Gasteiger partial charge is 0.241 e. The fourth-order valence-corrected chi connectivity index (χ4v) is 4.63. The zero-order chi connectivity index (χ0) is 17.9. The Bertz CT molecular complexity index is 952. The summed E-state index contributed by atoms with van der Waals surface area (Å²) in [5, 5.41) is 4.17. The molecule has 0 spiro atoms. The Morgan fingerprint density at radius 3 is 2.48 bits per heavy atom. The van der Waals surface area contributed by atoms with Crippen LogP contribution in [0, 0.1) is 6.92 Å². The minimum absolute atomic E-state index is 0.241. The van der Waals surface area contributed by atoms with E-state index in [1.54, 1.807) is 24.4 Å². The first-order valence-corrected chi connectivity index (χ1v) is 10.0. The largest absolute Gasteiger partial charge is 0.268 e. The summed E-state index contributed by atoms with van der Waals surface area (Å²) in [4.78, 5) is 0.244. The van der Waals surface area contributed by atoms with E-state index in [0.717, 1.165) is 16.7 Å². The van der Waals surface area contributed by atoms with E-state index < -0.39 is 10.0 Å². The summed E-state index contributed by atoms with van der Waals surface area (Å²) >= 11 is 3.32. The van der Waals surface area contributed by atoms with Crippen molar-refractivity contribution in [2.45, 2.75) is 24.9 Å². The van der Waals surface area contributed by atoms with Crippen molar-refractivity contribution < 1.29 is 8.42 Å². The number of halogens is 1. The van der Waals surface area contributed by atoms with Gasteiger partial charge < -0.3 is 0 Å². The molecule has 0 bridgehead atoms. The Morgan fingerprint density at radius 2 is 1.84 bits per heavy atom. The van der Waals surface area contributed by atoms with Gasteiger partial charge in [0.15, 0.2) is 0 Å². The Hall–Kier alpha value is -1.96. The predicted octanol–water partition coefficient (Wildman–Crippen LogP) is 3.48. The average molecular weight is 420 g/mol. The van der Waals surface area contributed by atoms with Crippen LogP contribution < -0.4 is 4.72 Å². The normalized spacial score (nSPS) is 11.6. The van der Waals surface area contributed by atoms with Gasteiger partial charge in [0, 0.05) is 23.4 Å². The van der Waals surface area contributed by atoms with Crippen LogP contribution in [0.2, 0.25) is 0 Å². The van der Waals surface area contributed by atoms with E-state index in [0.29, 0.717) is 11.0 Å². The fourth-order valence-electron chi connectivity index (χ4n) is 2.42. The Balaban J connectivity index is 1.66. The minimum atomic E-state index is -3.57. The molecule has 0 aliphatic carbocycles. The van der Waals surface area contributed by atoms with Gasteiger partial charge in [0.25, 0.3) is 0 Å². The van der Waals surface area contributed by atoms with Gasteiger partial charge in [-0.05, 0) is 57.7 Å². The van der Waals surface area contributed by atoms with Gasteiger partial charge in [0.1, 0.15) is 0 Å². The van der Waals surface area contributed by atoms with Crippen LogP contribution in [-0.2, 0) is 23.1 Å². The third kappa shape index (κ3) is 4.56. The van der Waals surface area contributed by atoms with E-state index in [2.05, 4.69) is 25.8 Å². The molecule has 0 saturated heterocycles. The molecular formula is C18H18BrN3O2S. The molecule has 1 heterocycles. The lowest BCUT2D eigenvalue weighted by Gasteiger charge is -2.10. The molecule has 7 heteroatoms. The topological polar surface area (TPSA) is 64.0 Å². The molecule has 0 aliphatic heterocycles. The summed E-state index contributed by atoms with van der Waals surface area (Å²) in [5.74, 6) is 0. The first-order valence-electron chi connectivity index (χ1n) is 7.75. The highest BCUT2D eigenvalue weighted by molar-refractivity contribution is 9.10. The van der Waals surface area contributed by atoms with Crippen LogP contribution in [0.25, 0.3) is 0 Å². The molecule has 0 saturated carbocycles. The van der Waals surface area contributed by atoms with Crippen molar-refractivity contribution in [3.05, 3.63) is 82.1 Å². The second-order valence-corrected chi connectivity index (χ2v) is 8.37. The summed E-state index contributed by atoms with van der Waals surface area (Å²) in [6.45, 7) is 2.85. The highest BCUT2D eigenvalue weighted by atomic mass is 79.9. The van der Waals surface area contributed by atoms with Crippen LogP contribution in [-0.4, -0.2) is 18.2 Å². The van der Waals surface area contributed by atoms with Crippen molar-refractivity contribution >= 4 is 26.0 Å². The summed E-state index contributed by atoms with van der Waals surface area (Å²) < 4.78 is 30.0. The highest BCUT2D eigenvalue weighted by Gasteiger charge is 2.17. The van der Waals surface area contributed by atoms with Gasteiger partial charge in [0.05, 0.1) is 11.4 Å². The predicted molar refractivity (Wildman–Crippen MR) is 101 cm³/mol. The average Bonchev–Trinajstić information content (AvgIpc) is 3.07. The van der Waals surface area contributed by atoms with Crippen molar-refractivity contribution in [3.8, 4) is 0 Å². The van der Waals surface area contributed by atoms with Gasteiger partial charge in [-0.1, -0.05) is 30.3 Å². The van der Waals surface area contributed by atoms with Crippen LogP contribution in [0.15, 0.2) is 70.3 Å². The van der Waals surface area contributed by atoms with Gasteiger partial charge in [-0.25, -0.2) is 13.1 Å². The molecule has 3 aromatic rings. The molecule has 0 unspecified atom stereocenters. The number of rotatable bonds is 6.